The predicted molar refractivity (Wildman–Crippen MR) is 86.8 cm³/mol. The van der Waals surface area contributed by atoms with E-state index in [1.54, 1.807) is 30.5 Å². The Bertz CT molecular complexity index is 1060. The molecule has 0 saturated carbocycles. The molecule has 2 aromatic rings. The third kappa shape index (κ3) is 2.00. The molecular weight excluding hydrogens is 292 g/mol. The molecule has 0 spiro atoms. The molecule has 2 aromatic carbocycles. The average Bonchev–Trinajstić information content (AvgIpc) is 2.92. The summed E-state index contributed by atoms with van der Waals surface area (Å²) in [4.78, 5) is 26.8. The van der Waals surface area contributed by atoms with E-state index in [-0.39, 0.29) is 5.56 Å². The summed E-state index contributed by atoms with van der Waals surface area (Å²) in [6.45, 7) is 0. The van der Waals surface area contributed by atoms with Crippen LogP contribution in [0.3, 0.4) is 0 Å². The first-order valence-electron chi connectivity index (χ1n) is 7.04. The highest BCUT2D eigenvalue weighted by Crippen LogP contribution is 2.25. The van der Waals surface area contributed by atoms with Crippen molar-refractivity contribution in [3.8, 4) is 16.9 Å². The largest absolute Gasteiger partial charge is 0.366 e. The van der Waals surface area contributed by atoms with Crippen molar-refractivity contribution >= 4 is 16.8 Å². The van der Waals surface area contributed by atoms with Crippen LogP contribution in [0.2, 0.25) is 0 Å². The highest BCUT2D eigenvalue weighted by atomic mass is 16.1. The van der Waals surface area contributed by atoms with Crippen LogP contribution in [0.25, 0.3) is 27.8 Å². The third-order valence-electron chi connectivity index (χ3n) is 3.83. The molecule has 2 aliphatic heterocycles. The Morgan fingerprint density at radius 1 is 1.09 bits per heavy atom. The van der Waals surface area contributed by atoms with Gasteiger partial charge in [0.25, 0.3) is 5.56 Å². The van der Waals surface area contributed by atoms with Crippen molar-refractivity contribution in [2.45, 2.75) is 0 Å². The van der Waals surface area contributed by atoms with Gasteiger partial charge >= 0.3 is 0 Å². The van der Waals surface area contributed by atoms with Gasteiger partial charge in [0.2, 0.25) is 5.91 Å². The van der Waals surface area contributed by atoms with Gasteiger partial charge in [-0.25, -0.2) is 0 Å². The van der Waals surface area contributed by atoms with Crippen LogP contribution in [0.1, 0.15) is 10.4 Å². The smallest absolute Gasteiger partial charge is 0.282 e. The Morgan fingerprint density at radius 3 is 2.57 bits per heavy atom. The minimum atomic E-state index is -0.509. The van der Waals surface area contributed by atoms with Gasteiger partial charge < -0.3 is 10.7 Å². The summed E-state index contributed by atoms with van der Waals surface area (Å²) in [5, 5.41) is 5.34. The number of amides is 1. The van der Waals surface area contributed by atoms with Crippen LogP contribution in [0.15, 0.2) is 59.5 Å². The number of rotatable bonds is 2. The van der Waals surface area contributed by atoms with E-state index in [4.69, 9.17) is 5.73 Å². The van der Waals surface area contributed by atoms with Gasteiger partial charge in [-0.2, -0.15) is 9.78 Å². The number of para-hydroxylation sites is 1. The Labute approximate surface area is 130 Å². The zero-order valence-corrected chi connectivity index (χ0v) is 12.0. The van der Waals surface area contributed by atoms with Gasteiger partial charge in [0.15, 0.2) is 0 Å². The summed E-state index contributed by atoms with van der Waals surface area (Å²) in [5.41, 5.74) is 8.05. The van der Waals surface area contributed by atoms with E-state index >= 15 is 0 Å². The number of carbonyl (C=O) groups is 1. The lowest BCUT2D eigenvalue weighted by Crippen LogP contribution is -2.15. The lowest BCUT2D eigenvalue weighted by atomic mass is 10.1. The van der Waals surface area contributed by atoms with Crippen molar-refractivity contribution in [2.75, 3.05) is 0 Å². The van der Waals surface area contributed by atoms with E-state index in [1.165, 1.54) is 4.68 Å². The monoisotopic (exact) mass is 304 g/mol. The molecule has 0 saturated heterocycles. The Kier molecular flexibility index (Phi) is 2.77. The molecular formula is C17H12N4O2. The van der Waals surface area contributed by atoms with Crippen molar-refractivity contribution in [1.82, 2.24) is 14.8 Å². The molecule has 0 unspecified atom stereocenters. The Hall–Kier alpha value is -3.41. The van der Waals surface area contributed by atoms with Gasteiger partial charge in [-0.15, -0.1) is 0 Å². The fraction of sp³-hybridized carbons (Fsp3) is 0. The normalized spacial score (nSPS) is 11.1. The zero-order valence-electron chi connectivity index (χ0n) is 12.0. The van der Waals surface area contributed by atoms with E-state index in [2.05, 4.69) is 10.1 Å². The number of hydrogen-bond acceptors (Lipinski definition) is 3. The minimum absolute atomic E-state index is 0.214. The van der Waals surface area contributed by atoms with Gasteiger partial charge in [0, 0.05) is 22.7 Å². The van der Waals surface area contributed by atoms with Gasteiger partial charge in [-0.1, -0.05) is 18.2 Å². The number of aromatic amines is 1. The number of carbonyl (C=O) groups excluding carboxylic acids is 1. The average molecular weight is 304 g/mol. The van der Waals surface area contributed by atoms with E-state index < -0.39 is 5.91 Å². The molecule has 2 aliphatic rings. The molecule has 3 N–H and O–H groups in total. The first kappa shape index (κ1) is 13.3. The number of aromatic nitrogens is 3. The summed E-state index contributed by atoms with van der Waals surface area (Å²) >= 11 is 0. The summed E-state index contributed by atoms with van der Waals surface area (Å²) in [7, 11) is 0. The third-order valence-corrected chi connectivity index (χ3v) is 3.83. The number of primary amides is 1. The molecule has 23 heavy (non-hydrogen) atoms. The van der Waals surface area contributed by atoms with Gasteiger partial charge in [0.1, 0.15) is 5.69 Å². The molecule has 2 heterocycles. The molecule has 0 radical (unpaired) electrons. The van der Waals surface area contributed by atoms with Crippen LogP contribution in [-0.2, 0) is 0 Å². The SMILES string of the molecule is NC(=O)c1ccc(-n2nc3c4ccccc4[nH]cc-3c2=O)cc1. The Morgan fingerprint density at radius 2 is 1.83 bits per heavy atom. The van der Waals surface area contributed by atoms with Crippen LogP contribution in [0, 0.1) is 0 Å². The standard InChI is InChI=1S/C17H12N4O2/c18-16(22)10-5-7-11(8-6-10)21-17(23)13-9-19-14-4-2-1-3-12(14)15(13)20-21/h1-9,19H,(H2,18,22). The molecule has 4 rings (SSSR count). The number of nitrogens with two attached hydrogens (primary N) is 1. The molecule has 0 atom stereocenters. The first-order chi connectivity index (χ1) is 11.1. The van der Waals surface area contributed by atoms with Crippen LogP contribution >= 0.6 is 0 Å². The van der Waals surface area contributed by atoms with Crippen molar-refractivity contribution in [2.24, 2.45) is 5.73 Å². The van der Waals surface area contributed by atoms with Gasteiger partial charge in [0.05, 0.1) is 11.3 Å². The van der Waals surface area contributed by atoms with Crippen LogP contribution < -0.4 is 11.3 Å². The maximum Gasteiger partial charge on any atom is 0.282 e. The lowest BCUT2D eigenvalue weighted by Gasteiger charge is -2.01. The van der Waals surface area contributed by atoms with Crippen molar-refractivity contribution in [3.05, 3.63) is 70.6 Å². The van der Waals surface area contributed by atoms with Crippen LogP contribution in [-0.4, -0.2) is 20.7 Å². The maximum absolute atomic E-state index is 12.6. The summed E-state index contributed by atoms with van der Waals surface area (Å²) in [6, 6.07) is 14.1. The lowest BCUT2D eigenvalue weighted by molar-refractivity contribution is 0.100. The summed E-state index contributed by atoms with van der Waals surface area (Å²) in [5.74, 6) is -0.509. The zero-order chi connectivity index (χ0) is 16.0. The molecule has 1 amide bonds. The van der Waals surface area contributed by atoms with Crippen molar-refractivity contribution in [3.63, 3.8) is 0 Å². The second-order valence-electron chi connectivity index (χ2n) is 5.22. The number of benzene rings is 2. The Balaban J connectivity index is 1.95. The van der Waals surface area contributed by atoms with E-state index in [0.29, 0.717) is 22.5 Å². The molecule has 0 fully saturated rings. The quantitative estimate of drug-likeness (QED) is 0.592. The summed E-state index contributed by atoms with van der Waals surface area (Å²) in [6.07, 6.45) is 1.67. The van der Waals surface area contributed by atoms with Crippen molar-refractivity contribution in [1.29, 1.82) is 0 Å². The molecule has 6 heteroatoms. The predicted octanol–water partition coefficient (Wildman–Crippen LogP) is 1.92. The van der Waals surface area contributed by atoms with Gasteiger partial charge in [-0.05, 0) is 30.3 Å². The molecule has 6 nitrogen and oxygen atoms in total. The second kappa shape index (κ2) is 4.81. The molecule has 112 valence electrons. The molecule has 0 bridgehead atoms. The number of hydrogen-bond donors (Lipinski definition) is 2. The van der Waals surface area contributed by atoms with E-state index in [0.717, 1.165) is 10.9 Å². The number of H-pyrrole nitrogens is 1. The molecule has 0 aromatic heterocycles. The number of pyridine rings is 1. The van der Waals surface area contributed by atoms with Crippen LogP contribution in [0.4, 0.5) is 0 Å². The second-order valence-corrected chi connectivity index (χ2v) is 5.22. The fourth-order valence-corrected chi connectivity index (χ4v) is 2.65. The fourth-order valence-electron chi connectivity index (χ4n) is 2.65. The maximum atomic E-state index is 12.6. The van der Waals surface area contributed by atoms with Gasteiger partial charge in [-0.3, -0.25) is 9.59 Å². The number of nitrogens with one attached hydrogen (secondary N) is 1. The van der Waals surface area contributed by atoms with E-state index in [9.17, 15) is 9.59 Å². The first-order valence-corrected chi connectivity index (χ1v) is 7.04. The van der Waals surface area contributed by atoms with E-state index in [1.807, 2.05) is 24.3 Å². The van der Waals surface area contributed by atoms with Crippen molar-refractivity contribution < 1.29 is 4.79 Å². The molecule has 0 aliphatic carbocycles. The minimum Gasteiger partial charge on any atom is -0.366 e. The highest BCUT2D eigenvalue weighted by Gasteiger charge is 2.18. The summed E-state index contributed by atoms with van der Waals surface area (Å²) < 4.78 is 1.33. The topological polar surface area (TPSA) is 93.8 Å². The highest BCUT2D eigenvalue weighted by molar-refractivity contribution is 5.93. The van der Waals surface area contributed by atoms with Crippen LogP contribution in [0.5, 0.6) is 0 Å². The number of nitrogens with zero attached hydrogens (tertiary/aromatic N) is 2. The number of fused-ring (bicyclic) bond motifs is 3.